The Kier molecular flexibility index (Phi) is 15.3. The number of nitrogens with zero attached hydrogens (tertiary/aromatic N) is 1. The summed E-state index contributed by atoms with van der Waals surface area (Å²) in [5, 5.41) is 36.6. The highest BCUT2D eigenvalue weighted by Gasteiger charge is 2.32. The minimum absolute atomic E-state index is 0.0644. The first kappa shape index (κ1) is 26.3. The molecular formula is C20H37NO7. The lowest BCUT2D eigenvalue weighted by Gasteiger charge is -2.24. The number of unbranched alkanes of at least 4 members (excludes halogenated alkanes) is 11. The van der Waals surface area contributed by atoms with Crippen LogP contribution in [0.5, 0.6) is 0 Å². The summed E-state index contributed by atoms with van der Waals surface area (Å²) in [4.78, 5) is 33.1. The number of hydrogen-bond donors (Lipinski definition) is 4. The highest BCUT2D eigenvalue weighted by atomic mass is 16.5. The Hall–Kier alpha value is -1.67. The molecule has 0 aromatic carbocycles. The summed E-state index contributed by atoms with van der Waals surface area (Å²) in [6, 6.07) is -1.63. The van der Waals surface area contributed by atoms with Crippen LogP contribution in [-0.2, 0) is 14.4 Å². The number of aliphatic hydroxyl groups excluding tert-OH is 1. The third-order valence-electron chi connectivity index (χ3n) is 4.76. The Morgan fingerprint density at radius 3 is 1.39 bits per heavy atom. The van der Waals surface area contributed by atoms with Crippen molar-refractivity contribution in [1.29, 1.82) is 0 Å². The van der Waals surface area contributed by atoms with E-state index in [4.69, 9.17) is 10.2 Å². The number of rotatable bonds is 18. The molecule has 1 amide bonds. The zero-order chi connectivity index (χ0) is 21.4. The number of carbonyl (C=O) groups excluding carboxylic acids is 1. The van der Waals surface area contributed by atoms with Gasteiger partial charge in [-0.05, 0) is 19.8 Å². The normalized spacial score (nSPS) is 13.1. The van der Waals surface area contributed by atoms with Crippen LogP contribution in [0.4, 0.5) is 0 Å². The first-order chi connectivity index (χ1) is 13.3. The molecule has 0 saturated carbocycles. The summed E-state index contributed by atoms with van der Waals surface area (Å²) < 4.78 is 0. The van der Waals surface area contributed by atoms with Crippen LogP contribution in [0, 0.1) is 0 Å². The summed E-state index contributed by atoms with van der Waals surface area (Å²) in [5.41, 5.74) is 0. The maximum absolute atomic E-state index is 11.8. The highest BCUT2D eigenvalue weighted by Crippen LogP contribution is 2.14. The largest absolute Gasteiger partial charge is 0.481 e. The summed E-state index contributed by atoms with van der Waals surface area (Å²) in [6.07, 6.45) is 11.2. The number of amides is 1. The molecule has 0 unspecified atom stereocenters. The van der Waals surface area contributed by atoms with E-state index in [0.29, 0.717) is 6.42 Å². The predicted octanol–water partition coefficient (Wildman–Crippen LogP) is 3.58. The second-order valence-corrected chi connectivity index (χ2v) is 7.40. The Bertz CT molecular complexity index is 454. The monoisotopic (exact) mass is 403 g/mol. The van der Waals surface area contributed by atoms with E-state index >= 15 is 0 Å². The zero-order valence-electron chi connectivity index (χ0n) is 17.0. The smallest absolute Gasteiger partial charge is 0.331 e. The zero-order valence-corrected chi connectivity index (χ0v) is 17.0. The Morgan fingerprint density at radius 1 is 0.714 bits per heavy atom. The Labute approximate surface area is 167 Å². The minimum atomic E-state index is -1.63. The first-order valence-corrected chi connectivity index (χ1v) is 10.4. The van der Waals surface area contributed by atoms with Gasteiger partial charge in [-0.2, -0.15) is 0 Å². The van der Waals surface area contributed by atoms with Gasteiger partial charge in [-0.15, -0.1) is 0 Å². The van der Waals surface area contributed by atoms with Crippen LogP contribution in [-0.4, -0.2) is 55.6 Å². The fraction of sp³-hybridized carbons (Fsp3) is 0.850. The number of aliphatic hydroxyl groups is 1. The second kappa shape index (κ2) is 16.3. The van der Waals surface area contributed by atoms with Crippen molar-refractivity contribution in [2.45, 2.75) is 109 Å². The van der Waals surface area contributed by atoms with E-state index in [1.165, 1.54) is 26.2 Å². The van der Waals surface area contributed by atoms with Crippen molar-refractivity contribution in [2.24, 2.45) is 0 Å². The van der Waals surface area contributed by atoms with E-state index in [1.807, 2.05) is 0 Å². The number of aliphatic carboxylic acids is 2. The van der Waals surface area contributed by atoms with Crippen LogP contribution in [0.2, 0.25) is 0 Å². The lowest BCUT2D eigenvalue weighted by molar-refractivity contribution is -0.194. The maximum atomic E-state index is 11.8. The number of carbonyl (C=O) groups is 3. The molecule has 2 atom stereocenters. The average Bonchev–Trinajstić information content (AvgIpc) is 2.60. The molecule has 8 heteroatoms. The molecule has 164 valence electrons. The molecule has 0 aliphatic carbocycles. The van der Waals surface area contributed by atoms with Gasteiger partial charge in [0, 0.05) is 12.8 Å². The third-order valence-corrected chi connectivity index (χ3v) is 4.76. The topological polar surface area (TPSA) is 135 Å². The number of hydrogen-bond acceptors (Lipinski definition) is 5. The predicted molar refractivity (Wildman–Crippen MR) is 104 cm³/mol. The summed E-state index contributed by atoms with van der Waals surface area (Å²) in [6.45, 7) is 1.22. The van der Waals surface area contributed by atoms with Gasteiger partial charge in [0.2, 0.25) is 5.91 Å². The van der Waals surface area contributed by atoms with Gasteiger partial charge in [0.25, 0.3) is 0 Å². The summed E-state index contributed by atoms with van der Waals surface area (Å²) in [5.74, 6) is -2.84. The molecule has 0 aliphatic rings. The SMILES string of the molecule is C[C@@H](O)[C@H](C(=O)O)N(O)C(=O)CCCCCCCCCCCCCCC(=O)O. The molecule has 8 nitrogen and oxygen atoms in total. The molecule has 28 heavy (non-hydrogen) atoms. The molecule has 4 N–H and O–H groups in total. The summed E-state index contributed by atoms with van der Waals surface area (Å²) >= 11 is 0. The van der Waals surface area contributed by atoms with Crippen LogP contribution in [0.15, 0.2) is 0 Å². The van der Waals surface area contributed by atoms with E-state index in [1.54, 1.807) is 0 Å². The fourth-order valence-electron chi connectivity index (χ4n) is 3.11. The lowest BCUT2D eigenvalue weighted by Crippen LogP contribution is -2.49. The number of carboxylic acid groups (broad SMARTS) is 2. The molecule has 0 bridgehead atoms. The Balaban J connectivity index is 3.53. The van der Waals surface area contributed by atoms with E-state index in [0.717, 1.165) is 51.4 Å². The van der Waals surface area contributed by atoms with Gasteiger partial charge in [-0.25, -0.2) is 9.86 Å². The van der Waals surface area contributed by atoms with Crippen molar-refractivity contribution < 1.29 is 34.9 Å². The molecule has 0 heterocycles. The van der Waals surface area contributed by atoms with Gasteiger partial charge < -0.3 is 15.3 Å². The quantitative estimate of drug-likeness (QED) is 0.156. The molecule has 0 fully saturated rings. The molecule has 0 radical (unpaired) electrons. The van der Waals surface area contributed by atoms with Crippen LogP contribution in [0.3, 0.4) is 0 Å². The van der Waals surface area contributed by atoms with E-state index < -0.39 is 30.0 Å². The van der Waals surface area contributed by atoms with Crippen molar-refractivity contribution in [3.63, 3.8) is 0 Å². The van der Waals surface area contributed by atoms with Crippen LogP contribution in [0.1, 0.15) is 96.8 Å². The maximum Gasteiger partial charge on any atom is 0.331 e. The fourth-order valence-corrected chi connectivity index (χ4v) is 3.11. The van der Waals surface area contributed by atoms with Crippen LogP contribution < -0.4 is 0 Å². The van der Waals surface area contributed by atoms with E-state index in [-0.39, 0.29) is 17.9 Å². The van der Waals surface area contributed by atoms with Crippen molar-refractivity contribution in [1.82, 2.24) is 5.06 Å². The average molecular weight is 404 g/mol. The van der Waals surface area contributed by atoms with Gasteiger partial charge in [0.05, 0.1) is 6.10 Å². The molecule has 0 aliphatic heterocycles. The van der Waals surface area contributed by atoms with Crippen LogP contribution in [0.25, 0.3) is 0 Å². The summed E-state index contributed by atoms with van der Waals surface area (Å²) in [7, 11) is 0. The molecular weight excluding hydrogens is 366 g/mol. The van der Waals surface area contributed by atoms with Crippen LogP contribution >= 0.6 is 0 Å². The Morgan fingerprint density at radius 2 is 1.07 bits per heavy atom. The first-order valence-electron chi connectivity index (χ1n) is 10.4. The van der Waals surface area contributed by atoms with Crippen molar-refractivity contribution in [3.05, 3.63) is 0 Å². The van der Waals surface area contributed by atoms with Gasteiger partial charge in [-0.1, -0.05) is 64.2 Å². The number of carboxylic acids is 2. The van der Waals surface area contributed by atoms with Crippen molar-refractivity contribution in [2.75, 3.05) is 0 Å². The third kappa shape index (κ3) is 13.5. The van der Waals surface area contributed by atoms with Gasteiger partial charge in [-0.3, -0.25) is 14.8 Å². The van der Waals surface area contributed by atoms with E-state index in [9.17, 15) is 24.7 Å². The standard InChI is InChI=1S/C20H37NO7/c1-16(22)19(20(26)27)21(28)17(23)14-12-10-8-6-4-2-3-5-7-9-11-13-15-18(24)25/h16,19,22,28H,2-15H2,1H3,(H,24,25)(H,26,27)/t16-,19-/m1/s1. The molecule has 0 saturated heterocycles. The highest BCUT2D eigenvalue weighted by molar-refractivity contribution is 5.83. The minimum Gasteiger partial charge on any atom is -0.481 e. The van der Waals surface area contributed by atoms with Gasteiger partial charge in [0.1, 0.15) is 0 Å². The van der Waals surface area contributed by atoms with Gasteiger partial charge in [0.15, 0.2) is 6.04 Å². The van der Waals surface area contributed by atoms with E-state index in [2.05, 4.69) is 0 Å². The van der Waals surface area contributed by atoms with Gasteiger partial charge >= 0.3 is 11.9 Å². The number of hydroxylamine groups is 2. The molecule has 0 spiro atoms. The molecule has 0 rings (SSSR count). The second-order valence-electron chi connectivity index (χ2n) is 7.40. The van der Waals surface area contributed by atoms with Crippen molar-refractivity contribution in [3.8, 4) is 0 Å². The molecule has 0 aromatic heterocycles. The molecule has 0 aromatic rings. The van der Waals surface area contributed by atoms with Crippen molar-refractivity contribution >= 4 is 17.8 Å². The lowest BCUT2D eigenvalue weighted by atomic mass is 10.0.